The summed E-state index contributed by atoms with van der Waals surface area (Å²) in [6, 6.07) is 3.51. The molecule has 0 saturated carbocycles. The molecule has 0 fully saturated rings. The number of pyridine rings is 1. The molecule has 6 nitrogen and oxygen atoms in total. The quantitative estimate of drug-likeness (QED) is 0.723. The van der Waals surface area contributed by atoms with Crippen LogP contribution in [0.2, 0.25) is 0 Å². The van der Waals surface area contributed by atoms with Crippen molar-refractivity contribution in [3.63, 3.8) is 0 Å². The van der Waals surface area contributed by atoms with Gasteiger partial charge in [0, 0.05) is 30.8 Å². The molecular weight excluding hydrogens is 268 g/mol. The molecule has 6 heteroatoms. The summed E-state index contributed by atoms with van der Waals surface area (Å²) in [5.74, 6) is 0.847. The zero-order valence-electron chi connectivity index (χ0n) is 12.6. The minimum Gasteiger partial charge on any atom is -0.361 e. The number of aryl methyl sites for hydroxylation is 1. The number of hydrogen-bond donors (Lipinski definition) is 0. The molecule has 0 aliphatic heterocycles. The third-order valence-corrected chi connectivity index (χ3v) is 3.48. The number of rotatable bonds is 2. The lowest BCUT2D eigenvalue weighted by Crippen LogP contribution is -2.11. The molecule has 0 bridgehead atoms. The van der Waals surface area contributed by atoms with E-state index in [4.69, 9.17) is 4.52 Å². The molecule has 3 rings (SSSR count). The third kappa shape index (κ3) is 2.37. The minimum atomic E-state index is -0.0728. The van der Waals surface area contributed by atoms with E-state index in [1.54, 1.807) is 23.1 Å². The molecule has 0 saturated heterocycles. The van der Waals surface area contributed by atoms with Crippen molar-refractivity contribution in [2.24, 2.45) is 7.05 Å². The van der Waals surface area contributed by atoms with Gasteiger partial charge in [0.05, 0.1) is 18.1 Å². The van der Waals surface area contributed by atoms with Gasteiger partial charge in [-0.3, -0.25) is 9.48 Å². The van der Waals surface area contributed by atoms with Gasteiger partial charge in [-0.2, -0.15) is 5.10 Å². The average molecular weight is 286 g/mol. The van der Waals surface area contributed by atoms with E-state index in [1.807, 2.05) is 17.7 Å². The maximum absolute atomic E-state index is 11.8. The van der Waals surface area contributed by atoms with Crippen molar-refractivity contribution >= 4 is 11.0 Å². The molecule has 3 aromatic heterocycles. The molecule has 3 heterocycles. The van der Waals surface area contributed by atoms with Crippen molar-refractivity contribution in [2.75, 3.05) is 0 Å². The summed E-state index contributed by atoms with van der Waals surface area (Å²) in [7, 11) is 1.82. The topological polar surface area (TPSA) is 65.8 Å². The molecule has 0 N–H and O–H groups in total. The molecule has 0 aliphatic rings. The zero-order valence-corrected chi connectivity index (χ0v) is 12.6. The molecule has 0 atom stereocenters. The Labute approximate surface area is 122 Å². The predicted molar refractivity (Wildman–Crippen MR) is 79.3 cm³/mol. The summed E-state index contributed by atoms with van der Waals surface area (Å²) in [5.41, 5.74) is 1.51. The van der Waals surface area contributed by atoms with E-state index in [0.717, 1.165) is 17.1 Å². The van der Waals surface area contributed by atoms with Gasteiger partial charge >= 0.3 is 0 Å². The average Bonchev–Trinajstić information content (AvgIpc) is 3.00. The maximum atomic E-state index is 11.8. The summed E-state index contributed by atoms with van der Waals surface area (Å²) < 4.78 is 9.05. The second-order valence-electron chi connectivity index (χ2n) is 6.25. The Morgan fingerprint density at radius 2 is 2.10 bits per heavy atom. The third-order valence-electron chi connectivity index (χ3n) is 3.48. The summed E-state index contributed by atoms with van der Waals surface area (Å²) in [5, 5.41) is 8.88. The lowest BCUT2D eigenvalue weighted by molar-refractivity contribution is 0.325. The first-order valence-corrected chi connectivity index (χ1v) is 6.83. The van der Waals surface area contributed by atoms with E-state index in [9.17, 15) is 4.79 Å². The highest BCUT2D eigenvalue weighted by atomic mass is 16.5. The van der Waals surface area contributed by atoms with Crippen molar-refractivity contribution in [1.82, 2.24) is 19.5 Å². The smallest absolute Gasteiger partial charge is 0.192 e. The van der Waals surface area contributed by atoms with E-state index in [2.05, 4.69) is 31.0 Å². The lowest BCUT2D eigenvalue weighted by Gasteiger charge is -2.12. The largest absolute Gasteiger partial charge is 0.361 e. The molecule has 21 heavy (non-hydrogen) atoms. The van der Waals surface area contributed by atoms with Crippen molar-refractivity contribution in [3.05, 3.63) is 46.2 Å². The van der Waals surface area contributed by atoms with Crippen molar-refractivity contribution < 1.29 is 4.52 Å². The highest BCUT2D eigenvalue weighted by Crippen LogP contribution is 2.23. The first-order valence-electron chi connectivity index (χ1n) is 6.83. The van der Waals surface area contributed by atoms with Crippen LogP contribution in [0, 0.1) is 0 Å². The van der Waals surface area contributed by atoms with Crippen LogP contribution in [-0.2, 0) is 19.0 Å². The van der Waals surface area contributed by atoms with Crippen LogP contribution >= 0.6 is 0 Å². The molecular formula is C15H18N4O2. The van der Waals surface area contributed by atoms with Crippen LogP contribution in [0.1, 0.15) is 32.2 Å². The van der Waals surface area contributed by atoms with Crippen LogP contribution in [-0.4, -0.2) is 19.5 Å². The maximum Gasteiger partial charge on any atom is 0.192 e. The van der Waals surface area contributed by atoms with Crippen LogP contribution in [0.4, 0.5) is 0 Å². The molecule has 0 unspecified atom stereocenters. The summed E-state index contributed by atoms with van der Waals surface area (Å²) in [6.45, 7) is 6.78. The Morgan fingerprint density at radius 3 is 2.76 bits per heavy atom. The normalized spacial score (nSPS) is 12.2. The highest BCUT2D eigenvalue weighted by molar-refractivity contribution is 5.74. The highest BCUT2D eigenvalue weighted by Gasteiger charge is 2.20. The molecule has 110 valence electrons. The first-order chi connectivity index (χ1) is 9.86. The van der Waals surface area contributed by atoms with Gasteiger partial charge in [-0.25, -0.2) is 0 Å². The Morgan fingerprint density at radius 1 is 1.33 bits per heavy atom. The standard InChI is InChI=1S/C15H18N4O2/c1-15(2,3)13-7-10(17-21-13)9-19-6-5-12(20)11-8-16-18(4)14(11)19/h5-8H,9H2,1-4H3. The number of nitrogens with zero attached hydrogens (tertiary/aromatic N) is 4. The fourth-order valence-electron chi connectivity index (χ4n) is 2.31. The van der Waals surface area contributed by atoms with E-state index in [1.165, 1.54) is 0 Å². The van der Waals surface area contributed by atoms with Gasteiger partial charge in [-0.05, 0) is 0 Å². The minimum absolute atomic E-state index is 0.0233. The summed E-state index contributed by atoms with van der Waals surface area (Å²) >= 11 is 0. The summed E-state index contributed by atoms with van der Waals surface area (Å²) in [4.78, 5) is 11.8. The molecule has 0 aromatic carbocycles. The van der Waals surface area contributed by atoms with Crippen molar-refractivity contribution in [1.29, 1.82) is 0 Å². The molecule has 0 amide bonds. The Balaban J connectivity index is 2.03. The fourth-order valence-corrected chi connectivity index (χ4v) is 2.31. The van der Waals surface area contributed by atoms with Gasteiger partial charge in [0.15, 0.2) is 5.43 Å². The Bertz CT molecular complexity index is 849. The molecule has 3 aromatic rings. The van der Waals surface area contributed by atoms with Crippen LogP contribution in [0.15, 0.2) is 33.8 Å². The van der Waals surface area contributed by atoms with Crippen LogP contribution in [0.3, 0.4) is 0 Å². The lowest BCUT2D eigenvalue weighted by atomic mass is 9.93. The Hall–Kier alpha value is -2.37. The second-order valence-corrected chi connectivity index (χ2v) is 6.25. The predicted octanol–water partition coefficient (Wildman–Crippen LogP) is 2.07. The molecule has 0 spiro atoms. The number of aromatic nitrogens is 4. The fraction of sp³-hybridized carbons (Fsp3) is 0.400. The van der Waals surface area contributed by atoms with E-state index in [0.29, 0.717) is 11.9 Å². The Kier molecular flexibility index (Phi) is 2.97. The molecule has 0 radical (unpaired) electrons. The van der Waals surface area contributed by atoms with Gasteiger partial charge < -0.3 is 9.09 Å². The van der Waals surface area contributed by atoms with E-state index < -0.39 is 0 Å². The van der Waals surface area contributed by atoms with E-state index in [-0.39, 0.29) is 10.8 Å². The van der Waals surface area contributed by atoms with Crippen LogP contribution < -0.4 is 5.43 Å². The second kappa shape index (κ2) is 4.58. The van der Waals surface area contributed by atoms with Gasteiger partial charge in [-0.1, -0.05) is 25.9 Å². The van der Waals surface area contributed by atoms with Crippen molar-refractivity contribution in [2.45, 2.75) is 32.7 Å². The van der Waals surface area contributed by atoms with Crippen LogP contribution in [0.25, 0.3) is 11.0 Å². The SMILES string of the molecule is Cn1ncc2c(=O)ccn(Cc3cc(C(C)(C)C)on3)c21. The van der Waals surface area contributed by atoms with Crippen molar-refractivity contribution in [3.8, 4) is 0 Å². The zero-order chi connectivity index (χ0) is 15.2. The van der Waals surface area contributed by atoms with Gasteiger partial charge in [0.1, 0.15) is 17.1 Å². The summed E-state index contributed by atoms with van der Waals surface area (Å²) in [6.07, 6.45) is 3.36. The molecule has 0 aliphatic carbocycles. The van der Waals surface area contributed by atoms with E-state index >= 15 is 0 Å². The first kappa shape index (κ1) is 13.6. The van der Waals surface area contributed by atoms with Gasteiger partial charge in [-0.15, -0.1) is 0 Å². The number of fused-ring (bicyclic) bond motifs is 1. The van der Waals surface area contributed by atoms with Crippen LogP contribution in [0.5, 0.6) is 0 Å². The monoisotopic (exact) mass is 286 g/mol. The number of hydrogen-bond acceptors (Lipinski definition) is 4. The van der Waals surface area contributed by atoms with Gasteiger partial charge in [0.2, 0.25) is 0 Å². The van der Waals surface area contributed by atoms with Gasteiger partial charge in [0.25, 0.3) is 0 Å².